The SMILES string of the molecule is O=c1n([C@@H]2CO[C@H](CO)O2)cc(F)c2nc(-c3ccc([N+](=O)[O-])cc3)cn12. The number of halogens is 1. The first-order chi connectivity index (χ1) is 13.0. The van der Waals surface area contributed by atoms with Gasteiger partial charge in [0.2, 0.25) is 0 Å². The van der Waals surface area contributed by atoms with Gasteiger partial charge in [-0.1, -0.05) is 0 Å². The lowest BCUT2D eigenvalue weighted by molar-refractivity contribution is -0.384. The minimum Gasteiger partial charge on any atom is -0.391 e. The second-order valence-corrected chi connectivity index (χ2v) is 5.83. The van der Waals surface area contributed by atoms with Gasteiger partial charge in [0.15, 0.2) is 24.0 Å². The second kappa shape index (κ2) is 6.54. The van der Waals surface area contributed by atoms with Crippen LogP contribution in [0, 0.1) is 15.9 Å². The Bertz CT molecular complexity index is 1080. The van der Waals surface area contributed by atoms with Crippen LogP contribution >= 0.6 is 0 Å². The number of benzene rings is 1. The molecule has 0 aliphatic carbocycles. The van der Waals surface area contributed by atoms with Gasteiger partial charge >= 0.3 is 5.69 Å². The Labute approximate surface area is 150 Å². The van der Waals surface area contributed by atoms with Crippen LogP contribution < -0.4 is 5.69 Å². The Balaban J connectivity index is 1.76. The molecule has 1 N–H and O–H groups in total. The summed E-state index contributed by atoms with van der Waals surface area (Å²) in [5, 5.41) is 19.8. The van der Waals surface area contributed by atoms with E-state index in [1.165, 1.54) is 30.5 Å². The standard InChI is InChI=1S/C16H13FN4O6/c17-11-5-19(13-8-26-14(7-22)27-13)16(23)20-6-12(18-15(11)20)9-1-3-10(4-2-9)21(24)25/h1-6,13-14,22H,7-8H2/t13-,14-/m0/s1. The monoisotopic (exact) mass is 376 g/mol. The quantitative estimate of drug-likeness (QED) is 0.534. The van der Waals surface area contributed by atoms with Crippen LogP contribution in [0.3, 0.4) is 0 Å². The van der Waals surface area contributed by atoms with Gasteiger partial charge in [0, 0.05) is 23.9 Å². The van der Waals surface area contributed by atoms with Crippen LogP contribution in [0.5, 0.6) is 0 Å². The number of hydrogen-bond donors (Lipinski definition) is 1. The molecule has 2 atom stereocenters. The molecular weight excluding hydrogens is 363 g/mol. The van der Waals surface area contributed by atoms with E-state index in [9.17, 15) is 19.3 Å². The van der Waals surface area contributed by atoms with Crippen molar-refractivity contribution in [3.63, 3.8) is 0 Å². The van der Waals surface area contributed by atoms with Crippen LogP contribution in [0.25, 0.3) is 16.9 Å². The molecular formula is C16H13FN4O6. The largest absolute Gasteiger partial charge is 0.391 e. The molecule has 11 heteroatoms. The number of aliphatic hydroxyl groups is 1. The molecule has 0 unspecified atom stereocenters. The van der Waals surface area contributed by atoms with Gasteiger partial charge in [-0.2, -0.15) is 0 Å². The maximum atomic E-state index is 14.5. The van der Waals surface area contributed by atoms with Crippen molar-refractivity contribution in [3.8, 4) is 11.3 Å². The molecule has 27 heavy (non-hydrogen) atoms. The van der Waals surface area contributed by atoms with Crippen LogP contribution in [0.2, 0.25) is 0 Å². The zero-order chi connectivity index (χ0) is 19.1. The summed E-state index contributed by atoms with van der Waals surface area (Å²) in [5.41, 5.74) is -0.0831. The highest BCUT2D eigenvalue weighted by Gasteiger charge is 2.29. The maximum Gasteiger partial charge on any atom is 0.336 e. The van der Waals surface area contributed by atoms with Crippen molar-refractivity contribution in [2.45, 2.75) is 12.5 Å². The van der Waals surface area contributed by atoms with Gasteiger partial charge < -0.3 is 14.6 Å². The van der Waals surface area contributed by atoms with Gasteiger partial charge in [0.1, 0.15) is 0 Å². The lowest BCUT2D eigenvalue weighted by Crippen LogP contribution is -2.31. The Hall–Kier alpha value is -3.15. The average Bonchev–Trinajstić information content (AvgIpc) is 3.32. The summed E-state index contributed by atoms with van der Waals surface area (Å²) in [4.78, 5) is 27.0. The number of nitro benzene ring substituents is 1. The second-order valence-electron chi connectivity index (χ2n) is 5.83. The van der Waals surface area contributed by atoms with Gasteiger partial charge in [-0.25, -0.2) is 18.6 Å². The predicted octanol–water partition coefficient (Wildman–Crippen LogP) is 1.07. The fourth-order valence-electron chi connectivity index (χ4n) is 2.84. The Morgan fingerprint density at radius 1 is 1.33 bits per heavy atom. The number of nitro groups is 1. The van der Waals surface area contributed by atoms with Gasteiger partial charge in [-0.3, -0.25) is 14.7 Å². The Morgan fingerprint density at radius 2 is 2.07 bits per heavy atom. The minimum absolute atomic E-state index is 0.0139. The van der Waals surface area contributed by atoms with Crippen molar-refractivity contribution in [2.24, 2.45) is 0 Å². The normalized spacial score (nSPS) is 19.6. The number of fused-ring (bicyclic) bond motifs is 1. The summed E-state index contributed by atoms with van der Waals surface area (Å²) in [5.74, 6) is -0.751. The third-order valence-electron chi connectivity index (χ3n) is 4.17. The van der Waals surface area contributed by atoms with Crippen molar-refractivity contribution in [1.29, 1.82) is 0 Å². The molecule has 1 fully saturated rings. The molecule has 1 saturated heterocycles. The molecule has 140 valence electrons. The van der Waals surface area contributed by atoms with Gasteiger partial charge in [0.05, 0.1) is 30.0 Å². The summed E-state index contributed by atoms with van der Waals surface area (Å²) >= 11 is 0. The molecule has 1 aliphatic rings. The zero-order valence-corrected chi connectivity index (χ0v) is 13.7. The molecule has 3 aromatic rings. The van der Waals surface area contributed by atoms with E-state index in [1.54, 1.807) is 0 Å². The molecule has 0 saturated carbocycles. The first-order valence-electron chi connectivity index (χ1n) is 7.90. The molecule has 1 aliphatic heterocycles. The third kappa shape index (κ3) is 2.97. The van der Waals surface area contributed by atoms with Gasteiger partial charge in [0.25, 0.3) is 5.69 Å². The number of nitrogens with zero attached hydrogens (tertiary/aromatic N) is 4. The molecule has 0 bridgehead atoms. The van der Waals surface area contributed by atoms with Crippen molar-refractivity contribution in [2.75, 3.05) is 13.2 Å². The number of ether oxygens (including phenoxy) is 2. The number of non-ortho nitro benzene ring substituents is 1. The van der Waals surface area contributed by atoms with Crippen molar-refractivity contribution in [1.82, 2.24) is 14.0 Å². The van der Waals surface area contributed by atoms with Crippen molar-refractivity contribution < 1.29 is 23.9 Å². The molecule has 0 amide bonds. The molecule has 0 radical (unpaired) electrons. The smallest absolute Gasteiger partial charge is 0.336 e. The number of imidazole rings is 1. The number of hydrogen-bond acceptors (Lipinski definition) is 7. The maximum absolute atomic E-state index is 14.5. The summed E-state index contributed by atoms with van der Waals surface area (Å²) in [6.45, 7) is -0.397. The number of rotatable bonds is 4. The van der Waals surface area contributed by atoms with E-state index in [0.717, 1.165) is 15.2 Å². The fraction of sp³-hybridized carbons (Fsp3) is 0.250. The number of aromatic nitrogens is 3. The fourth-order valence-corrected chi connectivity index (χ4v) is 2.84. The molecule has 1 aromatic carbocycles. The van der Waals surface area contributed by atoms with Crippen LogP contribution in [-0.2, 0) is 9.47 Å². The molecule has 10 nitrogen and oxygen atoms in total. The molecule has 4 rings (SSSR count). The van der Waals surface area contributed by atoms with E-state index in [0.29, 0.717) is 5.56 Å². The lowest BCUT2D eigenvalue weighted by Gasteiger charge is -2.13. The van der Waals surface area contributed by atoms with Crippen molar-refractivity contribution in [3.05, 3.63) is 63.1 Å². The zero-order valence-electron chi connectivity index (χ0n) is 13.7. The summed E-state index contributed by atoms with van der Waals surface area (Å²) < 4.78 is 27.0. The van der Waals surface area contributed by atoms with E-state index >= 15 is 0 Å². The van der Waals surface area contributed by atoms with E-state index in [1.807, 2.05) is 0 Å². The highest BCUT2D eigenvalue weighted by atomic mass is 19.1. The van der Waals surface area contributed by atoms with Gasteiger partial charge in [-0.05, 0) is 12.1 Å². The number of aliphatic hydroxyl groups excluding tert-OH is 1. The molecule has 0 spiro atoms. The highest BCUT2D eigenvalue weighted by molar-refractivity contribution is 5.64. The van der Waals surface area contributed by atoms with Crippen LogP contribution in [0.15, 0.2) is 41.5 Å². The first-order valence-corrected chi connectivity index (χ1v) is 7.90. The Morgan fingerprint density at radius 3 is 2.70 bits per heavy atom. The third-order valence-corrected chi connectivity index (χ3v) is 4.17. The molecule has 3 heterocycles. The summed E-state index contributed by atoms with van der Waals surface area (Å²) in [6.07, 6.45) is 0.563. The van der Waals surface area contributed by atoms with E-state index in [2.05, 4.69) is 4.98 Å². The molecule has 2 aromatic heterocycles. The first kappa shape index (κ1) is 17.3. The summed E-state index contributed by atoms with van der Waals surface area (Å²) in [7, 11) is 0. The van der Waals surface area contributed by atoms with Gasteiger partial charge in [-0.15, -0.1) is 0 Å². The van der Waals surface area contributed by atoms with Crippen LogP contribution in [0.1, 0.15) is 6.23 Å². The van der Waals surface area contributed by atoms with Crippen LogP contribution in [-0.4, -0.2) is 43.5 Å². The Kier molecular flexibility index (Phi) is 4.18. The topological polar surface area (TPSA) is 121 Å². The van der Waals surface area contributed by atoms with Crippen molar-refractivity contribution >= 4 is 11.3 Å². The van der Waals surface area contributed by atoms with E-state index < -0.39 is 28.9 Å². The average molecular weight is 376 g/mol. The lowest BCUT2D eigenvalue weighted by atomic mass is 10.1. The van der Waals surface area contributed by atoms with E-state index in [4.69, 9.17) is 14.6 Å². The highest BCUT2D eigenvalue weighted by Crippen LogP contribution is 2.24. The van der Waals surface area contributed by atoms with E-state index in [-0.39, 0.29) is 30.2 Å². The minimum atomic E-state index is -0.876. The summed E-state index contributed by atoms with van der Waals surface area (Å²) in [6, 6.07) is 5.53. The predicted molar refractivity (Wildman–Crippen MR) is 88.4 cm³/mol. The van der Waals surface area contributed by atoms with Crippen LogP contribution in [0.4, 0.5) is 10.1 Å².